The third kappa shape index (κ3) is 3.93. The monoisotopic (exact) mass is 255 g/mol. The van der Waals surface area contributed by atoms with Crippen LogP contribution in [0.15, 0.2) is 54.6 Å². The molecular weight excluding hydrogens is 238 g/mol. The minimum Gasteiger partial charge on any atom is -0.380 e. The van der Waals surface area contributed by atoms with Gasteiger partial charge in [-0.25, -0.2) is 0 Å². The fraction of sp³-hybridized carbons (Fsp3) is 0.188. The zero-order valence-corrected chi connectivity index (χ0v) is 10.9. The second kappa shape index (κ2) is 6.71. The highest BCUT2D eigenvalue weighted by molar-refractivity contribution is 5.94. The van der Waals surface area contributed by atoms with Crippen LogP contribution in [0, 0.1) is 0 Å². The van der Waals surface area contributed by atoms with E-state index in [0.29, 0.717) is 18.7 Å². The van der Waals surface area contributed by atoms with Gasteiger partial charge in [-0.2, -0.15) is 0 Å². The molecule has 0 heterocycles. The third-order valence-corrected chi connectivity index (χ3v) is 2.82. The highest BCUT2D eigenvalue weighted by Gasteiger charge is 2.03. The molecule has 98 valence electrons. The number of nitrogens with one attached hydrogen (secondary N) is 1. The molecular formula is C16H17NO2. The molecule has 0 aliphatic carbocycles. The van der Waals surface area contributed by atoms with Crippen LogP contribution in [0.1, 0.15) is 21.5 Å². The molecule has 2 aromatic rings. The molecule has 1 N–H and O–H groups in total. The zero-order chi connectivity index (χ0) is 13.5. The Morgan fingerprint density at radius 1 is 1.00 bits per heavy atom. The lowest BCUT2D eigenvalue weighted by molar-refractivity contribution is 0.0951. The minimum atomic E-state index is -0.0541. The molecule has 1 amide bonds. The van der Waals surface area contributed by atoms with Crippen LogP contribution >= 0.6 is 0 Å². The van der Waals surface area contributed by atoms with E-state index in [-0.39, 0.29) is 5.91 Å². The lowest BCUT2D eigenvalue weighted by atomic mass is 10.1. The van der Waals surface area contributed by atoms with Gasteiger partial charge < -0.3 is 10.1 Å². The third-order valence-electron chi connectivity index (χ3n) is 2.82. The summed E-state index contributed by atoms with van der Waals surface area (Å²) in [5.41, 5.74) is 2.88. The first-order chi connectivity index (χ1) is 9.29. The van der Waals surface area contributed by atoms with Gasteiger partial charge in [-0.15, -0.1) is 0 Å². The van der Waals surface area contributed by atoms with Crippen molar-refractivity contribution in [1.82, 2.24) is 5.32 Å². The number of carbonyl (C=O) groups excluding carboxylic acids is 1. The van der Waals surface area contributed by atoms with Crippen LogP contribution in [-0.4, -0.2) is 13.0 Å². The smallest absolute Gasteiger partial charge is 0.251 e. The largest absolute Gasteiger partial charge is 0.380 e. The molecule has 2 aromatic carbocycles. The topological polar surface area (TPSA) is 38.3 Å². The van der Waals surface area contributed by atoms with Crippen molar-refractivity contribution in [3.05, 3.63) is 71.3 Å². The van der Waals surface area contributed by atoms with Gasteiger partial charge in [0.2, 0.25) is 0 Å². The molecule has 0 bridgehead atoms. The van der Waals surface area contributed by atoms with E-state index in [0.717, 1.165) is 11.1 Å². The Balaban J connectivity index is 1.90. The number of benzene rings is 2. The van der Waals surface area contributed by atoms with E-state index in [4.69, 9.17) is 4.74 Å². The summed E-state index contributed by atoms with van der Waals surface area (Å²) in [7, 11) is 1.67. The summed E-state index contributed by atoms with van der Waals surface area (Å²) >= 11 is 0. The molecule has 0 radical (unpaired) electrons. The maximum atomic E-state index is 11.9. The van der Waals surface area contributed by atoms with Crippen molar-refractivity contribution < 1.29 is 9.53 Å². The molecule has 0 aromatic heterocycles. The summed E-state index contributed by atoms with van der Waals surface area (Å²) < 4.78 is 5.05. The summed E-state index contributed by atoms with van der Waals surface area (Å²) in [4.78, 5) is 11.9. The van der Waals surface area contributed by atoms with Gasteiger partial charge in [0.05, 0.1) is 6.61 Å². The van der Waals surface area contributed by atoms with Gasteiger partial charge in [0, 0.05) is 19.2 Å². The SMILES string of the molecule is COCc1ccc(CNC(=O)c2ccccc2)cc1. The second-order valence-electron chi connectivity index (χ2n) is 4.30. The van der Waals surface area contributed by atoms with Crippen LogP contribution in [0.2, 0.25) is 0 Å². The van der Waals surface area contributed by atoms with Crippen molar-refractivity contribution >= 4 is 5.91 Å². The molecule has 3 heteroatoms. The van der Waals surface area contributed by atoms with Gasteiger partial charge in [0.1, 0.15) is 0 Å². The normalized spacial score (nSPS) is 10.2. The van der Waals surface area contributed by atoms with Gasteiger partial charge in [-0.3, -0.25) is 4.79 Å². The van der Waals surface area contributed by atoms with E-state index in [1.54, 1.807) is 19.2 Å². The molecule has 3 nitrogen and oxygen atoms in total. The van der Waals surface area contributed by atoms with Crippen molar-refractivity contribution in [1.29, 1.82) is 0 Å². The Morgan fingerprint density at radius 3 is 2.26 bits per heavy atom. The summed E-state index contributed by atoms with van der Waals surface area (Å²) in [5.74, 6) is -0.0541. The van der Waals surface area contributed by atoms with E-state index in [9.17, 15) is 4.79 Å². The van der Waals surface area contributed by atoms with Crippen LogP contribution in [0.4, 0.5) is 0 Å². The Kier molecular flexibility index (Phi) is 4.70. The fourth-order valence-corrected chi connectivity index (χ4v) is 1.79. The Morgan fingerprint density at radius 2 is 1.63 bits per heavy atom. The highest BCUT2D eigenvalue weighted by atomic mass is 16.5. The Bertz CT molecular complexity index is 520. The second-order valence-corrected chi connectivity index (χ2v) is 4.30. The highest BCUT2D eigenvalue weighted by Crippen LogP contribution is 2.06. The molecule has 19 heavy (non-hydrogen) atoms. The average molecular weight is 255 g/mol. The first-order valence-electron chi connectivity index (χ1n) is 6.19. The summed E-state index contributed by atoms with van der Waals surface area (Å²) in [6, 6.07) is 17.2. The molecule has 0 saturated carbocycles. The van der Waals surface area contributed by atoms with Crippen LogP contribution in [0.5, 0.6) is 0 Å². The lowest BCUT2D eigenvalue weighted by Gasteiger charge is -2.06. The van der Waals surface area contributed by atoms with Crippen molar-refractivity contribution in [2.45, 2.75) is 13.2 Å². The summed E-state index contributed by atoms with van der Waals surface area (Å²) in [6.07, 6.45) is 0. The fourth-order valence-electron chi connectivity index (χ4n) is 1.79. The van der Waals surface area contributed by atoms with Crippen molar-refractivity contribution in [3.63, 3.8) is 0 Å². The van der Waals surface area contributed by atoms with Gasteiger partial charge in [0.25, 0.3) is 5.91 Å². The standard InChI is InChI=1S/C16H17NO2/c1-19-12-14-9-7-13(8-10-14)11-17-16(18)15-5-3-2-4-6-15/h2-10H,11-12H2,1H3,(H,17,18). The van der Waals surface area contributed by atoms with Crippen LogP contribution in [0.3, 0.4) is 0 Å². The molecule has 2 rings (SSSR count). The molecule has 0 saturated heterocycles. The molecule has 0 unspecified atom stereocenters. The average Bonchev–Trinajstić information content (AvgIpc) is 2.47. The van der Waals surface area contributed by atoms with E-state index in [1.165, 1.54) is 0 Å². The van der Waals surface area contributed by atoms with Crippen LogP contribution < -0.4 is 5.32 Å². The van der Waals surface area contributed by atoms with E-state index in [2.05, 4.69) is 5.32 Å². The Hall–Kier alpha value is -2.13. The molecule has 0 fully saturated rings. The Labute approximate surface area is 113 Å². The number of carbonyl (C=O) groups is 1. The van der Waals surface area contributed by atoms with Crippen molar-refractivity contribution in [3.8, 4) is 0 Å². The van der Waals surface area contributed by atoms with E-state index >= 15 is 0 Å². The number of hydrogen-bond donors (Lipinski definition) is 1. The van der Waals surface area contributed by atoms with E-state index in [1.807, 2.05) is 42.5 Å². The number of hydrogen-bond acceptors (Lipinski definition) is 2. The van der Waals surface area contributed by atoms with Crippen LogP contribution in [0.25, 0.3) is 0 Å². The van der Waals surface area contributed by atoms with E-state index < -0.39 is 0 Å². The lowest BCUT2D eigenvalue weighted by Crippen LogP contribution is -2.22. The van der Waals surface area contributed by atoms with Crippen LogP contribution in [-0.2, 0) is 17.9 Å². The maximum Gasteiger partial charge on any atom is 0.251 e. The molecule has 0 aliphatic heterocycles. The predicted octanol–water partition coefficient (Wildman–Crippen LogP) is 2.76. The van der Waals surface area contributed by atoms with Crippen molar-refractivity contribution in [2.24, 2.45) is 0 Å². The number of rotatable bonds is 5. The molecule has 0 aliphatic rings. The summed E-state index contributed by atoms with van der Waals surface area (Å²) in [6.45, 7) is 1.14. The van der Waals surface area contributed by atoms with Crippen molar-refractivity contribution in [2.75, 3.05) is 7.11 Å². The number of ether oxygens (including phenoxy) is 1. The number of amides is 1. The van der Waals surface area contributed by atoms with Gasteiger partial charge >= 0.3 is 0 Å². The quantitative estimate of drug-likeness (QED) is 0.892. The predicted molar refractivity (Wildman–Crippen MR) is 74.8 cm³/mol. The van der Waals surface area contributed by atoms with Gasteiger partial charge in [-0.1, -0.05) is 42.5 Å². The van der Waals surface area contributed by atoms with Gasteiger partial charge in [0.15, 0.2) is 0 Å². The first-order valence-corrected chi connectivity index (χ1v) is 6.19. The molecule has 0 atom stereocenters. The molecule has 0 spiro atoms. The zero-order valence-electron chi connectivity index (χ0n) is 10.9. The summed E-state index contributed by atoms with van der Waals surface area (Å²) in [5, 5.41) is 2.90. The maximum absolute atomic E-state index is 11.9. The first kappa shape index (κ1) is 13.3. The van der Waals surface area contributed by atoms with Gasteiger partial charge in [-0.05, 0) is 23.3 Å². The minimum absolute atomic E-state index is 0.0541. The number of methoxy groups -OCH3 is 1.